The van der Waals surface area contributed by atoms with E-state index in [4.69, 9.17) is 5.11 Å². The zero-order chi connectivity index (χ0) is 14.4. The van der Waals surface area contributed by atoms with E-state index in [0.29, 0.717) is 6.54 Å². The molecule has 1 rings (SSSR count). The van der Waals surface area contributed by atoms with Crippen LogP contribution in [0.25, 0.3) is 0 Å². The third kappa shape index (κ3) is 4.99. The van der Waals surface area contributed by atoms with Crippen LogP contribution in [0.5, 0.6) is 0 Å². The number of nitrogens with zero attached hydrogens (tertiary/aromatic N) is 2. The van der Waals surface area contributed by atoms with Crippen LogP contribution in [0.3, 0.4) is 0 Å². The molecule has 0 radical (unpaired) electrons. The standard InChI is InChI=1S/C12H20N4O3/c1-8(2)10(4-11(17)18)15-12(19)16(3)7-9-5-13-14-6-9/h5-6,8,10H,4,7H2,1-3H3,(H,13,14)(H,15,19)(H,17,18). The lowest BCUT2D eigenvalue weighted by molar-refractivity contribution is -0.137. The predicted molar refractivity (Wildman–Crippen MR) is 69.5 cm³/mol. The number of aromatic nitrogens is 2. The van der Waals surface area contributed by atoms with E-state index in [1.807, 2.05) is 13.8 Å². The summed E-state index contributed by atoms with van der Waals surface area (Å²) in [6, 6.07) is -0.669. The number of nitrogens with one attached hydrogen (secondary N) is 2. The number of carboxylic acid groups (broad SMARTS) is 1. The molecular formula is C12H20N4O3. The van der Waals surface area contributed by atoms with Gasteiger partial charge >= 0.3 is 12.0 Å². The van der Waals surface area contributed by atoms with Crippen molar-refractivity contribution < 1.29 is 14.7 Å². The van der Waals surface area contributed by atoms with Gasteiger partial charge in [0.05, 0.1) is 19.2 Å². The van der Waals surface area contributed by atoms with E-state index in [-0.39, 0.29) is 24.4 Å². The highest BCUT2D eigenvalue weighted by atomic mass is 16.4. The molecule has 0 aliphatic rings. The Bertz CT molecular complexity index is 417. The summed E-state index contributed by atoms with van der Waals surface area (Å²) in [5, 5.41) is 18.0. The fraction of sp³-hybridized carbons (Fsp3) is 0.583. The van der Waals surface area contributed by atoms with Crippen LogP contribution >= 0.6 is 0 Å². The predicted octanol–water partition coefficient (Wildman–Crippen LogP) is 1.05. The second kappa shape index (κ2) is 6.77. The SMILES string of the molecule is CC(C)C(CC(=O)O)NC(=O)N(C)Cc1cn[nH]c1. The third-order valence-corrected chi connectivity index (χ3v) is 2.83. The van der Waals surface area contributed by atoms with Crippen molar-refractivity contribution in [3.63, 3.8) is 0 Å². The van der Waals surface area contributed by atoms with Crippen molar-refractivity contribution in [2.45, 2.75) is 32.9 Å². The van der Waals surface area contributed by atoms with Crippen molar-refractivity contribution in [1.29, 1.82) is 0 Å². The van der Waals surface area contributed by atoms with Crippen LogP contribution in [0.1, 0.15) is 25.8 Å². The number of aromatic amines is 1. The highest BCUT2D eigenvalue weighted by Crippen LogP contribution is 2.07. The van der Waals surface area contributed by atoms with E-state index < -0.39 is 5.97 Å². The summed E-state index contributed by atoms with van der Waals surface area (Å²) in [4.78, 5) is 24.2. The quantitative estimate of drug-likeness (QED) is 0.718. The molecule has 0 aliphatic carbocycles. The number of urea groups is 1. The van der Waals surface area contributed by atoms with Crippen LogP contribution in [-0.4, -0.2) is 45.3 Å². The van der Waals surface area contributed by atoms with E-state index in [1.54, 1.807) is 19.4 Å². The smallest absolute Gasteiger partial charge is 0.317 e. The number of H-pyrrole nitrogens is 1. The molecule has 0 saturated carbocycles. The zero-order valence-corrected chi connectivity index (χ0v) is 11.4. The number of carbonyl (C=O) groups excluding carboxylic acids is 1. The van der Waals surface area contributed by atoms with Gasteiger partial charge in [0.1, 0.15) is 0 Å². The number of hydrogen-bond acceptors (Lipinski definition) is 3. The van der Waals surface area contributed by atoms with Gasteiger partial charge in [-0.15, -0.1) is 0 Å². The second-order valence-electron chi connectivity index (χ2n) is 4.86. The van der Waals surface area contributed by atoms with Crippen molar-refractivity contribution >= 4 is 12.0 Å². The molecule has 0 spiro atoms. The first kappa shape index (κ1) is 15.0. The normalized spacial score (nSPS) is 12.2. The summed E-state index contributed by atoms with van der Waals surface area (Å²) < 4.78 is 0. The van der Waals surface area contributed by atoms with Gasteiger partial charge in [-0.3, -0.25) is 9.89 Å². The van der Waals surface area contributed by atoms with E-state index in [0.717, 1.165) is 5.56 Å². The summed E-state index contributed by atoms with van der Waals surface area (Å²) in [5.41, 5.74) is 0.886. The van der Waals surface area contributed by atoms with Crippen LogP contribution in [0.15, 0.2) is 12.4 Å². The highest BCUT2D eigenvalue weighted by molar-refractivity contribution is 5.75. The first-order chi connectivity index (χ1) is 8.90. The summed E-state index contributed by atoms with van der Waals surface area (Å²) in [7, 11) is 1.65. The average molecular weight is 268 g/mol. The molecule has 1 heterocycles. The lowest BCUT2D eigenvalue weighted by atomic mass is 10.0. The Morgan fingerprint density at radius 2 is 2.21 bits per heavy atom. The minimum Gasteiger partial charge on any atom is -0.481 e. The first-order valence-corrected chi connectivity index (χ1v) is 6.11. The Hall–Kier alpha value is -2.05. The van der Waals surface area contributed by atoms with E-state index in [1.165, 1.54) is 4.90 Å². The largest absolute Gasteiger partial charge is 0.481 e. The monoisotopic (exact) mass is 268 g/mol. The maximum absolute atomic E-state index is 12.0. The first-order valence-electron chi connectivity index (χ1n) is 6.11. The molecular weight excluding hydrogens is 248 g/mol. The molecule has 0 fully saturated rings. The molecule has 0 aliphatic heterocycles. The number of amides is 2. The number of carbonyl (C=O) groups is 2. The number of carboxylic acids is 1. The summed E-state index contributed by atoms with van der Waals surface area (Å²) >= 11 is 0. The van der Waals surface area contributed by atoms with E-state index in [9.17, 15) is 9.59 Å². The molecule has 3 N–H and O–H groups in total. The van der Waals surface area contributed by atoms with E-state index in [2.05, 4.69) is 15.5 Å². The van der Waals surface area contributed by atoms with E-state index >= 15 is 0 Å². The van der Waals surface area contributed by atoms with Crippen molar-refractivity contribution in [3.8, 4) is 0 Å². The lowest BCUT2D eigenvalue weighted by Gasteiger charge is -2.24. The Labute approximate surface area is 112 Å². The summed E-state index contributed by atoms with van der Waals surface area (Å²) in [5.74, 6) is -0.862. The van der Waals surface area contributed by atoms with Crippen LogP contribution in [0, 0.1) is 5.92 Å². The molecule has 1 atom stereocenters. The number of rotatable bonds is 6. The molecule has 1 aromatic rings. The Morgan fingerprint density at radius 3 is 2.68 bits per heavy atom. The van der Waals surface area contributed by atoms with Crippen LogP contribution in [0.4, 0.5) is 4.79 Å². The Morgan fingerprint density at radius 1 is 1.53 bits per heavy atom. The van der Waals surface area contributed by atoms with Gasteiger partial charge in [-0.2, -0.15) is 5.10 Å². The van der Waals surface area contributed by atoms with Gasteiger partial charge in [-0.25, -0.2) is 4.79 Å². The molecule has 0 bridgehead atoms. The third-order valence-electron chi connectivity index (χ3n) is 2.83. The van der Waals surface area contributed by atoms with Gasteiger partial charge in [0.2, 0.25) is 0 Å². The Kier molecular flexibility index (Phi) is 5.35. The minimum atomic E-state index is -0.920. The molecule has 0 aromatic carbocycles. The molecule has 19 heavy (non-hydrogen) atoms. The van der Waals surface area contributed by atoms with Gasteiger partial charge in [0.25, 0.3) is 0 Å². The van der Waals surface area contributed by atoms with Crippen molar-refractivity contribution in [1.82, 2.24) is 20.4 Å². The maximum atomic E-state index is 12.0. The van der Waals surface area contributed by atoms with Crippen LogP contribution in [0.2, 0.25) is 0 Å². The Balaban J connectivity index is 2.53. The maximum Gasteiger partial charge on any atom is 0.317 e. The average Bonchev–Trinajstić information content (AvgIpc) is 2.79. The topological polar surface area (TPSA) is 98.3 Å². The van der Waals surface area contributed by atoms with Gasteiger partial charge in [0, 0.05) is 24.8 Å². The van der Waals surface area contributed by atoms with Gasteiger partial charge in [0.15, 0.2) is 0 Å². The van der Waals surface area contributed by atoms with Crippen LogP contribution < -0.4 is 5.32 Å². The van der Waals surface area contributed by atoms with Gasteiger partial charge in [-0.1, -0.05) is 13.8 Å². The lowest BCUT2D eigenvalue weighted by Crippen LogP contribution is -2.45. The molecule has 7 heteroatoms. The van der Waals surface area contributed by atoms with Crippen molar-refractivity contribution in [3.05, 3.63) is 18.0 Å². The van der Waals surface area contributed by atoms with Crippen LogP contribution in [-0.2, 0) is 11.3 Å². The summed E-state index contributed by atoms with van der Waals surface area (Å²) in [6.45, 7) is 4.17. The molecule has 2 amide bonds. The molecule has 1 aromatic heterocycles. The fourth-order valence-corrected chi connectivity index (χ4v) is 1.62. The minimum absolute atomic E-state index is 0.0578. The second-order valence-corrected chi connectivity index (χ2v) is 4.86. The van der Waals surface area contributed by atoms with Crippen molar-refractivity contribution in [2.24, 2.45) is 5.92 Å². The van der Waals surface area contributed by atoms with Gasteiger partial charge in [-0.05, 0) is 5.92 Å². The zero-order valence-electron chi connectivity index (χ0n) is 11.4. The molecule has 7 nitrogen and oxygen atoms in total. The number of aliphatic carboxylic acids is 1. The van der Waals surface area contributed by atoms with Gasteiger partial charge < -0.3 is 15.3 Å². The van der Waals surface area contributed by atoms with Crippen molar-refractivity contribution in [2.75, 3.05) is 7.05 Å². The summed E-state index contributed by atoms with van der Waals surface area (Å²) in [6.07, 6.45) is 3.27. The molecule has 0 saturated heterocycles. The highest BCUT2D eigenvalue weighted by Gasteiger charge is 2.21. The fourth-order valence-electron chi connectivity index (χ4n) is 1.62. The molecule has 106 valence electrons. The number of hydrogen-bond donors (Lipinski definition) is 3. The molecule has 1 unspecified atom stereocenters.